The summed E-state index contributed by atoms with van der Waals surface area (Å²) in [6.07, 6.45) is 0. The highest BCUT2D eigenvalue weighted by Crippen LogP contribution is 1.73. The van der Waals surface area contributed by atoms with E-state index in [-0.39, 0.29) is 0 Å². The fraction of sp³-hybridized carbons (Fsp3) is 0.750. The van der Waals surface area contributed by atoms with Crippen LogP contribution in [0.3, 0.4) is 0 Å². The molecular formula is C8H20N2O5. The van der Waals surface area contributed by atoms with Gasteiger partial charge in [-0.1, -0.05) is 6.92 Å². The van der Waals surface area contributed by atoms with Crippen LogP contribution in [0.5, 0.6) is 0 Å². The molecule has 0 unspecified atom stereocenters. The summed E-state index contributed by atoms with van der Waals surface area (Å²) in [6.45, 7) is 5.77. The minimum atomic E-state index is -0.833. The zero-order valence-corrected chi connectivity index (χ0v) is 9.30. The molecule has 0 radical (unpaired) electrons. The molecule has 0 aliphatic rings. The Bertz CT molecular complexity index is 143. The molecule has 0 spiro atoms. The van der Waals surface area contributed by atoms with Crippen LogP contribution in [0.1, 0.15) is 20.8 Å². The van der Waals surface area contributed by atoms with E-state index in [2.05, 4.69) is 0 Å². The summed E-state index contributed by atoms with van der Waals surface area (Å²) in [5.41, 5.74) is 5.10. The maximum absolute atomic E-state index is 9.00. The van der Waals surface area contributed by atoms with Gasteiger partial charge in [-0.15, -0.1) is 0 Å². The molecule has 0 rings (SSSR count). The summed E-state index contributed by atoms with van der Waals surface area (Å²) in [5.74, 6) is -1.67. The molecule has 0 bridgehead atoms. The van der Waals surface area contributed by atoms with Crippen LogP contribution in [0.4, 0.5) is 0 Å². The molecule has 0 heterocycles. The molecule has 0 aliphatic heterocycles. The molecule has 7 nitrogen and oxygen atoms in total. The molecule has 0 saturated carbocycles. The molecule has 0 aromatic heterocycles. The maximum Gasteiger partial charge on any atom is 0.300 e. The van der Waals surface area contributed by atoms with Gasteiger partial charge in [-0.25, -0.2) is 0 Å². The Morgan fingerprint density at radius 3 is 1.53 bits per heavy atom. The van der Waals surface area contributed by atoms with Crippen molar-refractivity contribution < 1.29 is 25.0 Å². The fourth-order valence-corrected chi connectivity index (χ4v) is 0.307. The number of nitrogens with two attached hydrogens (primary N) is 1. The highest BCUT2D eigenvalue weighted by Gasteiger charge is 1.89. The molecule has 0 atom stereocenters. The van der Waals surface area contributed by atoms with E-state index >= 15 is 0 Å². The van der Waals surface area contributed by atoms with E-state index in [1.807, 2.05) is 6.92 Å². The van der Waals surface area contributed by atoms with Gasteiger partial charge in [0.25, 0.3) is 11.9 Å². The van der Waals surface area contributed by atoms with Crippen molar-refractivity contribution in [2.75, 3.05) is 19.6 Å². The van der Waals surface area contributed by atoms with Crippen molar-refractivity contribution in [3.63, 3.8) is 0 Å². The van der Waals surface area contributed by atoms with Gasteiger partial charge in [0.1, 0.15) is 0 Å². The lowest BCUT2D eigenvalue weighted by Gasteiger charge is -2.07. The number of nitrogens with zero attached hydrogens (tertiary/aromatic N) is 1. The number of carboxylic acids is 2. The Labute approximate surface area is 89.1 Å². The quantitative estimate of drug-likeness (QED) is 0.491. The smallest absolute Gasteiger partial charge is 0.300 e. The van der Waals surface area contributed by atoms with Crippen molar-refractivity contribution in [1.29, 1.82) is 0 Å². The lowest BCUT2D eigenvalue weighted by Crippen LogP contribution is -2.25. The topological polar surface area (TPSA) is 124 Å². The van der Waals surface area contributed by atoms with Crippen LogP contribution in [0.25, 0.3) is 0 Å². The molecule has 7 heteroatoms. The van der Waals surface area contributed by atoms with Crippen molar-refractivity contribution in [3.8, 4) is 0 Å². The number of hydrogen-bond acceptors (Lipinski definition) is 5. The number of hydroxylamine groups is 2. The lowest BCUT2D eigenvalue weighted by molar-refractivity contribution is -0.135. The third-order valence-electron chi connectivity index (χ3n) is 0.752. The summed E-state index contributed by atoms with van der Waals surface area (Å²) < 4.78 is 0. The van der Waals surface area contributed by atoms with Crippen molar-refractivity contribution in [3.05, 3.63) is 0 Å². The SMILES string of the molecule is CC(=O)O.CC(=O)O.CCN(O)CCN. The minimum Gasteiger partial charge on any atom is -0.481 e. The molecule has 0 aliphatic carbocycles. The number of hydrogen-bond donors (Lipinski definition) is 4. The average molecular weight is 224 g/mol. The van der Waals surface area contributed by atoms with Crippen LogP contribution in [0.15, 0.2) is 0 Å². The van der Waals surface area contributed by atoms with Gasteiger partial charge in [0.2, 0.25) is 0 Å². The van der Waals surface area contributed by atoms with Gasteiger partial charge in [-0.05, 0) is 0 Å². The van der Waals surface area contributed by atoms with Crippen LogP contribution in [0.2, 0.25) is 0 Å². The van der Waals surface area contributed by atoms with Gasteiger partial charge in [-0.2, -0.15) is 5.06 Å². The van der Waals surface area contributed by atoms with E-state index < -0.39 is 11.9 Å². The van der Waals surface area contributed by atoms with Crippen molar-refractivity contribution in [1.82, 2.24) is 5.06 Å². The maximum atomic E-state index is 9.00. The summed E-state index contributed by atoms with van der Waals surface area (Å²) >= 11 is 0. The Morgan fingerprint density at radius 2 is 1.47 bits per heavy atom. The number of likely N-dealkylation sites (N-methyl/N-ethyl adjacent to an activating group) is 1. The second kappa shape index (κ2) is 15.3. The molecule has 92 valence electrons. The Hall–Kier alpha value is -1.18. The van der Waals surface area contributed by atoms with E-state index in [1.165, 1.54) is 5.06 Å². The van der Waals surface area contributed by atoms with Crippen molar-refractivity contribution in [2.45, 2.75) is 20.8 Å². The van der Waals surface area contributed by atoms with E-state index in [1.54, 1.807) is 0 Å². The van der Waals surface area contributed by atoms with Gasteiger partial charge in [0.15, 0.2) is 0 Å². The number of rotatable bonds is 3. The Balaban J connectivity index is -0.000000155. The molecule has 0 amide bonds. The second-order valence-electron chi connectivity index (χ2n) is 2.37. The molecule has 0 fully saturated rings. The molecule has 15 heavy (non-hydrogen) atoms. The van der Waals surface area contributed by atoms with Gasteiger partial charge in [0, 0.05) is 33.5 Å². The first-order chi connectivity index (χ1) is 6.77. The minimum absolute atomic E-state index is 0.518. The van der Waals surface area contributed by atoms with Crippen LogP contribution >= 0.6 is 0 Å². The largest absolute Gasteiger partial charge is 0.481 e. The number of carboxylic acid groups (broad SMARTS) is 2. The van der Waals surface area contributed by atoms with Crippen LogP contribution in [0, 0.1) is 0 Å². The third-order valence-corrected chi connectivity index (χ3v) is 0.752. The van der Waals surface area contributed by atoms with E-state index in [0.29, 0.717) is 19.6 Å². The number of carbonyl (C=O) groups is 2. The molecule has 0 saturated heterocycles. The predicted octanol–water partition coefficient (Wildman–Crippen LogP) is -0.162. The number of aliphatic carboxylic acids is 2. The standard InChI is InChI=1S/C4H12N2O.2C2H4O2/c1-2-6(7)4-3-5;2*1-2(3)4/h7H,2-5H2,1H3;2*1H3,(H,3,4). The molecule has 0 aromatic carbocycles. The third kappa shape index (κ3) is 103. The van der Waals surface area contributed by atoms with E-state index in [4.69, 9.17) is 30.7 Å². The monoisotopic (exact) mass is 224 g/mol. The normalized spacial score (nSPS) is 8.13. The van der Waals surface area contributed by atoms with Gasteiger partial charge in [0.05, 0.1) is 0 Å². The fourth-order valence-electron chi connectivity index (χ4n) is 0.307. The van der Waals surface area contributed by atoms with Gasteiger partial charge < -0.3 is 21.2 Å². The van der Waals surface area contributed by atoms with Crippen molar-refractivity contribution in [2.24, 2.45) is 5.73 Å². The predicted molar refractivity (Wildman–Crippen MR) is 54.7 cm³/mol. The summed E-state index contributed by atoms with van der Waals surface area (Å²) in [5, 5.41) is 24.6. The first-order valence-corrected chi connectivity index (χ1v) is 4.30. The summed E-state index contributed by atoms with van der Waals surface area (Å²) in [4.78, 5) is 18.0. The molecular weight excluding hydrogens is 204 g/mol. The van der Waals surface area contributed by atoms with E-state index in [0.717, 1.165) is 13.8 Å². The molecule has 0 aromatic rings. The summed E-state index contributed by atoms with van der Waals surface area (Å²) in [7, 11) is 0. The molecule has 5 N–H and O–H groups in total. The van der Waals surface area contributed by atoms with Crippen LogP contribution in [-0.2, 0) is 9.59 Å². The average Bonchev–Trinajstić information content (AvgIpc) is 2.02. The van der Waals surface area contributed by atoms with Crippen molar-refractivity contribution >= 4 is 11.9 Å². The lowest BCUT2D eigenvalue weighted by atomic mass is 10.6. The zero-order chi connectivity index (χ0) is 12.9. The first-order valence-electron chi connectivity index (χ1n) is 4.30. The zero-order valence-electron chi connectivity index (χ0n) is 9.30. The highest BCUT2D eigenvalue weighted by molar-refractivity contribution is 5.63. The van der Waals surface area contributed by atoms with Gasteiger partial charge >= 0.3 is 0 Å². The summed E-state index contributed by atoms with van der Waals surface area (Å²) in [6, 6.07) is 0. The van der Waals surface area contributed by atoms with Crippen LogP contribution in [-0.4, -0.2) is 52.1 Å². The van der Waals surface area contributed by atoms with E-state index in [9.17, 15) is 0 Å². The van der Waals surface area contributed by atoms with Gasteiger partial charge in [-0.3, -0.25) is 9.59 Å². The second-order valence-corrected chi connectivity index (χ2v) is 2.37. The Morgan fingerprint density at radius 1 is 1.20 bits per heavy atom. The first kappa shape index (κ1) is 19.4. The highest BCUT2D eigenvalue weighted by atomic mass is 16.5. The Kier molecular flexibility index (Phi) is 19.8. The van der Waals surface area contributed by atoms with Crippen LogP contribution < -0.4 is 5.73 Å².